The molecular formula is C24H31ClO9. The molecule has 34 heavy (non-hydrogen) atoms. The Bertz CT molecular complexity index is 949. The van der Waals surface area contributed by atoms with Crippen molar-refractivity contribution in [2.24, 2.45) is 23.2 Å². The van der Waals surface area contributed by atoms with Crippen molar-refractivity contribution in [1.82, 2.24) is 0 Å². The van der Waals surface area contributed by atoms with Crippen molar-refractivity contribution < 1.29 is 43.5 Å². The fourth-order valence-corrected chi connectivity index (χ4v) is 6.57. The Labute approximate surface area is 203 Å². The van der Waals surface area contributed by atoms with E-state index in [4.69, 9.17) is 30.5 Å². The van der Waals surface area contributed by atoms with Gasteiger partial charge < -0.3 is 29.2 Å². The molecule has 12 atom stereocenters. The minimum Gasteiger partial charge on any atom is -0.459 e. The highest BCUT2D eigenvalue weighted by atomic mass is 35.5. The molecule has 0 aromatic heterocycles. The van der Waals surface area contributed by atoms with Gasteiger partial charge in [0.15, 0.2) is 11.7 Å². The Morgan fingerprint density at radius 2 is 1.79 bits per heavy atom. The van der Waals surface area contributed by atoms with Crippen LogP contribution in [0, 0.1) is 23.2 Å². The third kappa shape index (κ3) is 3.51. The number of hydrogen-bond acceptors (Lipinski definition) is 9. The molecule has 4 rings (SSSR count). The van der Waals surface area contributed by atoms with Crippen LogP contribution in [0.5, 0.6) is 0 Å². The minimum absolute atomic E-state index is 0.310. The van der Waals surface area contributed by atoms with Gasteiger partial charge in [-0.1, -0.05) is 26.5 Å². The molecule has 4 aliphatic rings. The first-order valence-electron chi connectivity index (χ1n) is 11.4. The van der Waals surface area contributed by atoms with Crippen molar-refractivity contribution in [2.75, 3.05) is 0 Å². The molecule has 188 valence electrons. The Balaban J connectivity index is 2.00. The highest BCUT2D eigenvalue weighted by molar-refractivity contribution is 6.23. The summed E-state index contributed by atoms with van der Waals surface area (Å²) in [4.78, 5) is 37.2. The van der Waals surface area contributed by atoms with Gasteiger partial charge in [0.25, 0.3) is 0 Å². The first-order valence-corrected chi connectivity index (χ1v) is 11.8. The van der Waals surface area contributed by atoms with E-state index in [0.717, 1.165) is 0 Å². The third-order valence-electron chi connectivity index (χ3n) is 8.13. The van der Waals surface area contributed by atoms with Crippen molar-refractivity contribution in [1.29, 1.82) is 0 Å². The second-order valence-electron chi connectivity index (χ2n) is 10.1. The number of rotatable bonds is 2. The number of halogens is 1. The summed E-state index contributed by atoms with van der Waals surface area (Å²) in [5.74, 6) is -4.47. The van der Waals surface area contributed by atoms with Crippen LogP contribution in [-0.2, 0) is 33.3 Å². The van der Waals surface area contributed by atoms with E-state index >= 15 is 0 Å². The molecule has 0 aromatic carbocycles. The third-order valence-corrected chi connectivity index (χ3v) is 8.64. The maximum Gasteiger partial charge on any atom is 0.312 e. The predicted molar refractivity (Wildman–Crippen MR) is 118 cm³/mol. The smallest absolute Gasteiger partial charge is 0.312 e. The number of epoxide rings is 1. The zero-order valence-corrected chi connectivity index (χ0v) is 20.5. The molecule has 2 N–H and O–H groups in total. The van der Waals surface area contributed by atoms with Crippen LogP contribution >= 0.6 is 11.6 Å². The van der Waals surface area contributed by atoms with Crippen molar-refractivity contribution in [2.45, 2.75) is 82.2 Å². The van der Waals surface area contributed by atoms with E-state index in [1.54, 1.807) is 19.1 Å². The summed E-state index contributed by atoms with van der Waals surface area (Å²) in [5.41, 5.74) is -2.81. The lowest BCUT2D eigenvalue weighted by atomic mass is 9.54. The molecule has 0 aromatic rings. The quantitative estimate of drug-likeness (QED) is 0.250. The van der Waals surface area contributed by atoms with Gasteiger partial charge in [-0.05, 0) is 24.5 Å². The molecule has 2 aliphatic carbocycles. The number of carbonyl (C=O) groups is 3. The zero-order chi connectivity index (χ0) is 25.3. The van der Waals surface area contributed by atoms with Crippen LogP contribution in [-0.4, -0.2) is 75.7 Å². The second-order valence-corrected chi connectivity index (χ2v) is 10.6. The number of allylic oxidation sites excluding steroid dienone is 1. The van der Waals surface area contributed by atoms with Gasteiger partial charge in [-0.3, -0.25) is 14.4 Å². The van der Waals surface area contributed by atoms with E-state index in [0.29, 0.717) is 5.57 Å². The first-order chi connectivity index (χ1) is 15.8. The van der Waals surface area contributed by atoms with E-state index in [9.17, 15) is 24.6 Å². The maximum atomic E-state index is 12.7. The van der Waals surface area contributed by atoms with Gasteiger partial charge in [-0.15, -0.1) is 11.6 Å². The first kappa shape index (κ1) is 25.2. The number of esters is 3. The second kappa shape index (κ2) is 8.33. The van der Waals surface area contributed by atoms with E-state index < -0.39 is 88.7 Å². The van der Waals surface area contributed by atoms with Crippen LogP contribution in [0.25, 0.3) is 0 Å². The van der Waals surface area contributed by atoms with E-state index in [1.165, 1.54) is 20.8 Å². The van der Waals surface area contributed by atoms with Gasteiger partial charge in [-0.2, -0.15) is 0 Å². The number of carbonyl (C=O) groups excluding carboxylic acids is 3. The molecule has 0 radical (unpaired) electrons. The lowest BCUT2D eigenvalue weighted by Gasteiger charge is -2.54. The van der Waals surface area contributed by atoms with Crippen LogP contribution in [0.1, 0.15) is 34.6 Å². The van der Waals surface area contributed by atoms with Gasteiger partial charge in [0.1, 0.15) is 18.3 Å². The fourth-order valence-electron chi connectivity index (χ4n) is 6.25. The number of aliphatic hydroxyl groups is 2. The van der Waals surface area contributed by atoms with Crippen molar-refractivity contribution in [3.05, 3.63) is 24.3 Å². The average molecular weight is 499 g/mol. The number of alkyl halides is 1. The van der Waals surface area contributed by atoms with Crippen molar-refractivity contribution in [3.63, 3.8) is 0 Å². The Kier molecular flexibility index (Phi) is 6.16. The summed E-state index contributed by atoms with van der Waals surface area (Å²) in [6.45, 7) is 11.5. The molecule has 0 amide bonds. The largest absolute Gasteiger partial charge is 0.459 e. The highest BCUT2D eigenvalue weighted by Gasteiger charge is 2.74. The summed E-state index contributed by atoms with van der Waals surface area (Å²) in [6, 6.07) is 0. The van der Waals surface area contributed by atoms with E-state index in [1.807, 2.05) is 6.92 Å². The lowest BCUT2D eigenvalue weighted by molar-refractivity contribution is -0.220. The summed E-state index contributed by atoms with van der Waals surface area (Å²) in [5, 5.41) is 22.1. The SMILES string of the molecule is C=C1C=CC(OC(C)=O)C2(C)C3OC3C(O)C(C)C2C(OC(C)=O)C2(O)C(C)C(=O)OC2C1Cl. The molecule has 10 heteroatoms. The topological polar surface area (TPSA) is 132 Å². The highest BCUT2D eigenvalue weighted by Crippen LogP contribution is 2.61. The van der Waals surface area contributed by atoms with Gasteiger partial charge in [0.2, 0.25) is 0 Å². The minimum atomic E-state index is -2.06. The molecule has 2 aliphatic heterocycles. The van der Waals surface area contributed by atoms with Gasteiger partial charge in [0, 0.05) is 25.2 Å². The van der Waals surface area contributed by atoms with Crippen LogP contribution in [0.15, 0.2) is 24.3 Å². The fraction of sp³-hybridized carbons (Fsp3) is 0.708. The average Bonchev–Trinajstić information content (AvgIpc) is 3.53. The van der Waals surface area contributed by atoms with E-state index in [-0.39, 0.29) is 0 Å². The Morgan fingerprint density at radius 3 is 2.38 bits per heavy atom. The molecule has 2 saturated heterocycles. The Hall–Kier alpha value is -1.94. The summed E-state index contributed by atoms with van der Waals surface area (Å²) < 4.78 is 22.9. The molecule has 3 fully saturated rings. The molecular weight excluding hydrogens is 468 g/mol. The number of ether oxygens (including phenoxy) is 4. The normalized spacial score (nSPS) is 49.8. The van der Waals surface area contributed by atoms with Crippen LogP contribution in [0.4, 0.5) is 0 Å². The molecule has 2 heterocycles. The monoisotopic (exact) mass is 498 g/mol. The van der Waals surface area contributed by atoms with E-state index in [2.05, 4.69) is 6.58 Å². The predicted octanol–water partition coefficient (Wildman–Crippen LogP) is 1.28. The molecule has 0 spiro atoms. The molecule has 0 bridgehead atoms. The number of aliphatic hydroxyl groups excluding tert-OH is 1. The molecule has 12 unspecified atom stereocenters. The van der Waals surface area contributed by atoms with Crippen LogP contribution < -0.4 is 0 Å². The number of hydrogen-bond donors (Lipinski definition) is 2. The number of fused-ring (bicyclic) bond motifs is 4. The van der Waals surface area contributed by atoms with Crippen LogP contribution in [0.3, 0.4) is 0 Å². The van der Waals surface area contributed by atoms with Gasteiger partial charge in [-0.25, -0.2) is 0 Å². The van der Waals surface area contributed by atoms with Crippen molar-refractivity contribution >= 4 is 29.5 Å². The standard InChI is InChI=1S/C24H31ClO9/c1-9-7-8-14(31-12(4)26)23(6)15(10(2)17(28)18-21(23)33-18)19(32-13(5)27)24(30)11(3)22(29)34-20(24)16(9)25/h7-8,10-11,14-21,28,30H,1H2,2-6H3. The van der Waals surface area contributed by atoms with Gasteiger partial charge in [0.05, 0.1) is 23.5 Å². The Morgan fingerprint density at radius 1 is 1.18 bits per heavy atom. The lowest BCUT2D eigenvalue weighted by Crippen LogP contribution is -2.68. The zero-order valence-electron chi connectivity index (χ0n) is 19.8. The van der Waals surface area contributed by atoms with Crippen molar-refractivity contribution in [3.8, 4) is 0 Å². The molecule has 1 saturated carbocycles. The van der Waals surface area contributed by atoms with Gasteiger partial charge >= 0.3 is 17.9 Å². The van der Waals surface area contributed by atoms with Crippen LogP contribution in [0.2, 0.25) is 0 Å². The molecule has 9 nitrogen and oxygen atoms in total. The summed E-state index contributed by atoms with van der Waals surface area (Å²) >= 11 is 6.65. The maximum absolute atomic E-state index is 12.7. The summed E-state index contributed by atoms with van der Waals surface area (Å²) in [6.07, 6.45) is -2.35. The summed E-state index contributed by atoms with van der Waals surface area (Å²) in [7, 11) is 0.